The molecule has 1 amide bonds. The van der Waals surface area contributed by atoms with E-state index in [9.17, 15) is 9.59 Å². The normalized spacial score (nSPS) is 11.7. The first kappa shape index (κ1) is 23.1. The molecule has 3 aromatic rings. The highest BCUT2D eigenvalue weighted by molar-refractivity contribution is 7.16. The van der Waals surface area contributed by atoms with Gasteiger partial charge in [-0.05, 0) is 48.4 Å². The number of aromatic nitrogens is 1. The van der Waals surface area contributed by atoms with Gasteiger partial charge in [-0.2, -0.15) is 4.99 Å². The predicted octanol–water partition coefficient (Wildman–Crippen LogP) is 3.35. The SMILES string of the molecule is COC(=O)Cn1c(=NC(=O)C=Cc2cc(OC)c(OC)c(OC)c2)sc2cc(C)ccc21. The van der Waals surface area contributed by atoms with Crippen LogP contribution in [0.25, 0.3) is 16.3 Å². The molecule has 0 atom stereocenters. The van der Waals surface area contributed by atoms with Crippen molar-refractivity contribution in [3.05, 3.63) is 52.3 Å². The molecule has 0 aliphatic heterocycles. The minimum absolute atomic E-state index is 0.0394. The van der Waals surface area contributed by atoms with Crippen molar-refractivity contribution in [1.29, 1.82) is 0 Å². The fraction of sp³-hybridized carbons (Fsp3) is 0.261. The van der Waals surface area contributed by atoms with Gasteiger partial charge in [-0.15, -0.1) is 0 Å². The van der Waals surface area contributed by atoms with Gasteiger partial charge in [0.25, 0.3) is 5.91 Å². The molecule has 0 aliphatic rings. The lowest BCUT2D eigenvalue weighted by atomic mass is 10.1. The monoisotopic (exact) mass is 456 g/mol. The zero-order valence-electron chi connectivity index (χ0n) is 18.5. The summed E-state index contributed by atoms with van der Waals surface area (Å²) < 4.78 is 23.4. The third-order valence-electron chi connectivity index (χ3n) is 4.66. The molecule has 0 saturated heterocycles. The van der Waals surface area contributed by atoms with E-state index < -0.39 is 11.9 Å². The summed E-state index contributed by atoms with van der Waals surface area (Å²) in [7, 11) is 5.89. The second-order valence-electron chi connectivity index (χ2n) is 6.76. The van der Waals surface area contributed by atoms with Crippen LogP contribution in [0.15, 0.2) is 41.4 Å². The maximum atomic E-state index is 12.6. The number of rotatable bonds is 7. The van der Waals surface area contributed by atoms with Gasteiger partial charge in [0, 0.05) is 6.08 Å². The topological polar surface area (TPSA) is 88.4 Å². The average molecular weight is 457 g/mol. The Hall–Kier alpha value is -3.59. The number of fused-ring (bicyclic) bond motifs is 1. The van der Waals surface area contributed by atoms with E-state index in [2.05, 4.69) is 4.99 Å². The molecular weight excluding hydrogens is 432 g/mol. The fourth-order valence-corrected chi connectivity index (χ4v) is 4.24. The zero-order chi connectivity index (χ0) is 23.3. The number of aryl methyl sites for hydroxylation is 1. The van der Waals surface area contributed by atoms with Gasteiger partial charge in [0.2, 0.25) is 5.75 Å². The minimum Gasteiger partial charge on any atom is -0.493 e. The van der Waals surface area contributed by atoms with E-state index in [1.54, 1.807) is 22.8 Å². The summed E-state index contributed by atoms with van der Waals surface area (Å²) in [4.78, 5) is 29.1. The molecule has 0 unspecified atom stereocenters. The quantitative estimate of drug-likeness (QED) is 0.400. The molecule has 1 heterocycles. The van der Waals surface area contributed by atoms with Crippen molar-refractivity contribution in [3.8, 4) is 17.2 Å². The number of hydrogen-bond donors (Lipinski definition) is 0. The summed E-state index contributed by atoms with van der Waals surface area (Å²) in [5.74, 6) is 0.527. The second kappa shape index (κ2) is 10.1. The van der Waals surface area contributed by atoms with Crippen molar-refractivity contribution in [2.75, 3.05) is 28.4 Å². The summed E-state index contributed by atoms with van der Waals surface area (Å²) in [6, 6.07) is 9.29. The molecule has 0 aliphatic carbocycles. The summed E-state index contributed by atoms with van der Waals surface area (Å²) >= 11 is 1.33. The number of esters is 1. The molecule has 0 fully saturated rings. The van der Waals surface area contributed by atoms with Gasteiger partial charge in [0.05, 0.1) is 38.7 Å². The Labute approximate surface area is 189 Å². The van der Waals surface area contributed by atoms with Gasteiger partial charge in [0.15, 0.2) is 16.3 Å². The number of amides is 1. The van der Waals surface area contributed by atoms with Crippen molar-refractivity contribution in [2.24, 2.45) is 4.99 Å². The van der Waals surface area contributed by atoms with E-state index >= 15 is 0 Å². The van der Waals surface area contributed by atoms with Crippen molar-refractivity contribution in [3.63, 3.8) is 0 Å². The van der Waals surface area contributed by atoms with Crippen LogP contribution in [0.5, 0.6) is 17.2 Å². The maximum Gasteiger partial charge on any atom is 0.325 e. The third kappa shape index (κ3) is 5.00. The first-order valence-corrected chi connectivity index (χ1v) is 10.5. The van der Waals surface area contributed by atoms with E-state index in [-0.39, 0.29) is 6.54 Å². The van der Waals surface area contributed by atoms with E-state index in [0.717, 1.165) is 15.8 Å². The smallest absolute Gasteiger partial charge is 0.325 e. The van der Waals surface area contributed by atoms with Gasteiger partial charge in [0.1, 0.15) is 6.54 Å². The number of benzene rings is 2. The Bertz CT molecular complexity index is 1230. The van der Waals surface area contributed by atoms with Gasteiger partial charge in [-0.3, -0.25) is 9.59 Å². The summed E-state index contributed by atoms with van der Waals surface area (Å²) in [5, 5.41) is 0. The molecule has 2 aromatic carbocycles. The molecule has 0 radical (unpaired) electrons. The second-order valence-corrected chi connectivity index (χ2v) is 7.77. The van der Waals surface area contributed by atoms with Crippen molar-refractivity contribution >= 4 is 39.5 Å². The number of thiazole rings is 1. The van der Waals surface area contributed by atoms with Gasteiger partial charge >= 0.3 is 5.97 Å². The largest absolute Gasteiger partial charge is 0.493 e. The summed E-state index contributed by atoms with van der Waals surface area (Å²) in [6.07, 6.45) is 2.96. The minimum atomic E-state index is -0.472. The Morgan fingerprint density at radius 3 is 2.31 bits per heavy atom. The van der Waals surface area contributed by atoms with Crippen molar-refractivity contribution in [1.82, 2.24) is 4.57 Å². The van der Waals surface area contributed by atoms with Crippen LogP contribution in [0.1, 0.15) is 11.1 Å². The lowest BCUT2D eigenvalue weighted by molar-refractivity contribution is -0.141. The third-order valence-corrected chi connectivity index (χ3v) is 5.71. The van der Waals surface area contributed by atoms with E-state index in [4.69, 9.17) is 18.9 Å². The number of hydrogen-bond acceptors (Lipinski definition) is 7. The Morgan fingerprint density at radius 1 is 1.03 bits per heavy atom. The van der Waals surface area contributed by atoms with E-state index in [1.165, 1.54) is 45.9 Å². The molecule has 3 rings (SSSR count). The molecule has 32 heavy (non-hydrogen) atoms. The number of methoxy groups -OCH3 is 4. The van der Waals surface area contributed by atoms with E-state index in [1.807, 2.05) is 25.1 Å². The highest BCUT2D eigenvalue weighted by Gasteiger charge is 2.13. The Kier molecular flexibility index (Phi) is 7.32. The van der Waals surface area contributed by atoms with Crippen LogP contribution >= 0.6 is 11.3 Å². The highest BCUT2D eigenvalue weighted by atomic mass is 32.1. The number of carbonyl (C=O) groups is 2. The van der Waals surface area contributed by atoms with Crippen LogP contribution in [0.3, 0.4) is 0 Å². The molecule has 0 bridgehead atoms. The molecule has 168 valence electrons. The number of nitrogens with zero attached hydrogens (tertiary/aromatic N) is 2. The van der Waals surface area contributed by atoms with Gasteiger partial charge < -0.3 is 23.5 Å². The lowest BCUT2D eigenvalue weighted by Gasteiger charge is -2.12. The molecular formula is C23H24N2O6S. The van der Waals surface area contributed by atoms with E-state index in [0.29, 0.717) is 27.6 Å². The van der Waals surface area contributed by atoms with Crippen molar-refractivity contribution < 1.29 is 28.5 Å². The Balaban J connectivity index is 1.99. The molecule has 0 N–H and O–H groups in total. The van der Waals surface area contributed by atoms with Crippen LogP contribution in [0.2, 0.25) is 0 Å². The van der Waals surface area contributed by atoms with Crippen LogP contribution in [-0.4, -0.2) is 44.9 Å². The van der Waals surface area contributed by atoms with Crippen molar-refractivity contribution in [2.45, 2.75) is 13.5 Å². The Morgan fingerprint density at radius 2 is 1.72 bits per heavy atom. The fourth-order valence-electron chi connectivity index (χ4n) is 3.11. The molecule has 1 aromatic heterocycles. The number of carbonyl (C=O) groups excluding carboxylic acids is 2. The molecule has 0 saturated carbocycles. The van der Waals surface area contributed by atoms with Crippen LogP contribution in [0.4, 0.5) is 0 Å². The molecule has 0 spiro atoms. The maximum absolute atomic E-state index is 12.6. The predicted molar refractivity (Wildman–Crippen MR) is 122 cm³/mol. The zero-order valence-corrected chi connectivity index (χ0v) is 19.3. The number of ether oxygens (including phenoxy) is 4. The molecule has 8 nitrogen and oxygen atoms in total. The first-order valence-electron chi connectivity index (χ1n) is 9.63. The highest BCUT2D eigenvalue weighted by Crippen LogP contribution is 2.38. The standard InChI is InChI=1S/C23H24N2O6S/c1-14-6-8-16-19(10-14)32-23(25(16)13-21(27)30-4)24-20(26)9-7-15-11-17(28-2)22(31-5)18(12-15)29-3/h6-12H,13H2,1-5H3. The molecule has 9 heteroatoms. The summed E-state index contributed by atoms with van der Waals surface area (Å²) in [5.41, 5.74) is 2.56. The van der Waals surface area contributed by atoms with Gasteiger partial charge in [-0.25, -0.2) is 0 Å². The first-order chi connectivity index (χ1) is 15.4. The van der Waals surface area contributed by atoms with Crippen LogP contribution in [-0.2, 0) is 20.9 Å². The summed E-state index contributed by atoms with van der Waals surface area (Å²) in [6.45, 7) is 1.94. The average Bonchev–Trinajstić information content (AvgIpc) is 3.12. The lowest BCUT2D eigenvalue weighted by Crippen LogP contribution is -2.22. The van der Waals surface area contributed by atoms with Crippen LogP contribution in [0, 0.1) is 6.92 Å². The van der Waals surface area contributed by atoms with Gasteiger partial charge in [-0.1, -0.05) is 17.4 Å². The van der Waals surface area contributed by atoms with Crippen LogP contribution < -0.4 is 19.0 Å².